The number of rotatable bonds is 1. The average molecular weight is 551 g/mol. The highest BCUT2D eigenvalue weighted by Gasteiger charge is 2.62. The number of hydrogen-bond donors (Lipinski definition) is 0. The van der Waals surface area contributed by atoms with Crippen molar-refractivity contribution in [3.63, 3.8) is 0 Å². The Morgan fingerprint density at radius 2 is 1.77 bits per heavy atom. The van der Waals surface area contributed by atoms with E-state index in [1.807, 2.05) is 0 Å². The van der Waals surface area contributed by atoms with Crippen LogP contribution in [-0.2, 0) is 9.59 Å². The van der Waals surface area contributed by atoms with E-state index in [1.165, 1.54) is 12.8 Å². The molecule has 0 bridgehead atoms. The maximum Gasteiger partial charge on any atom is 0.160 e. The van der Waals surface area contributed by atoms with Crippen LogP contribution in [0.1, 0.15) is 59.3 Å². The molecule has 0 radical (unpaired) electrons. The highest BCUT2D eigenvalue weighted by Crippen LogP contribution is 2.68. The van der Waals surface area contributed by atoms with Gasteiger partial charge in [-0.15, -0.1) is 0 Å². The first-order chi connectivity index (χ1) is 12.1. The van der Waals surface area contributed by atoms with Crippen LogP contribution in [0.2, 0.25) is 0 Å². The van der Waals surface area contributed by atoms with Crippen molar-refractivity contribution in [1.29, 1.82) is 0 Å². The van der Waals surface area contributed by atoms with Gasteiger partial charge < -0.3 is 0 Å². The topological polar surface area (TPSA) is 34.1 Å². The molecular formula is C21H27Br3O2. The second kappa shape index (κ2) is 6.52. The van der Waals surface area contributed by atoms with Crippen LogP contribution < -0.4 is 0 Å². The van der Waals surface area contributed by atoms with Crippen molar-refractivity contribution < 1.29 is 9.59 Å². The molecule has 0 aliphatic heterocycles. The summed E-state index contributed by atoms with van der Waals surface area (Å²) < 4.78 is 1.15. The second-order valence-corrected chi connectivity index (χ2v) is 12.6. The Hall–Kier alpha value is 0.520. The van der Waals surface area contributed by atoms with E-state index in [1.54, 1.807) is 6.92 Å². The number of fused-ring (bicyclic) bond motifs is 5. The lowest BCUT2D eigenvalue weighted by molar-refractivity contribution is -0.134. The maximum atomic E-state index is 12.5. The van der Waals surface area contributed by atoms with E-state index in [4.69, 9.17) is 0 Å². The number of allylic oxidation sites excluding steroid dienone is 2. The van der Waals surface area contributed by atoms with Crippen molar-refractivity contribution >= 4 is 59.4 Å². The predicted octanol–water partition coefficient (Wildman–Crippen LogP) is 6.19. The van der Waals surface area contributed by atoms with Crippen molar-refractivity contribution in [3.8, 4) is 0 Å². The number of carbonyl (C=O) groups is 2. The molecule has 26 heavy (non-hydrogen) atoms. The molecular weight excluding hydrogens is 524 g/mol. The molecule has 4 aliphatic rings. The van der Waals surface area contributed by atoms with Gasteiger partial charge in [0, 0.05) is 15.5 Å². The van der Waals surface area contributed by atoms with Gasteiger partial charge in [0.15, 0.2) is 11.6 Å². The smallest absolute Gasteiger partial charge is 0.160 e. The summed E-state index contributed by atoms with van der Waals surface area (Å²) in [6.07, 6.45) is 6.56. The van der Waals surface area contributed by atoms with Crippen molar-refractivity contribution in [1.82, 2.24) is 0 Å². The van der Waals surface area contributed by atoms with E-state index in [2.05, 4.69) is 61.6 Å². The average Bonchev–Trinajstić information content (AvgIpc) is 2.83. The predicted molar refractivity (Wildman–Crippen MR) is 115 cm³/mol. The van der Waals surface area contributed by atoms with Gasteiger partial charge in [0.25, 0.3) is 0 Å². The van der Waals surface area contributed by atoms with E-state index in [0.717, 1.165) is 35.7 Å². The third-order valence-electron chi connectivity index (χ3n) is 8.48. The van der Waals surface area contributed by atoms with E-state index in [-0.39, 0.29) is 26.3 Å². The molecule has 0 saturated heterocycles. The summed E-state index contributed by atoms with van der Waals surface area (Å²) in [6.45, 7) is 6.50. The van der Waals surface area contributed by atoms with Crippen LogP contribution in [-0.4, -0.2) is 21.2 Å². The molecule has 0 N–H and O–H groups in total. The monoisotopic (exact) mass is 548 g/mol. The van der Waals surface area contributed by atoms with Crippen LogP contribution >= 0.6 is 47.8 Å². The molecule has 0 aromatic carbocycles. The zero-order valence-corrected chi connectivity index (χ0v) is 20.4. The Morgan fingerprint density at radius 3 is 2.42 bits per heavy atom. The van der Waals surface area contributed by atoms with Crippen LogP contribution in [0.5, 0.6) is 0 Å². The summed E-state index contributed by atoms with van der Waals surface area (Å²) >= 11 is 11.2. The highest BCUT2D eigenvalue weighted by atomic mass is 79.9. The summed E-state index contributed by atoms with van der Waals surface area (Å²) in [5.41, 5.74) is 1.29. The van der Waals surface area contributed by atoms with Crippen LogP contribution in [0, 0.1) is 34.5 Å². The zero-order chi connectivity index (χ0) is 19.0. The SMILES string of the molecule is CC(=O)C1=C(Br)CC2C3CCC4C(Br)C(=O)C(Br)CC4(C)C3CCC12C. The first-order valence-corrected chi connectivity index (χ1v) is 12.5. The van der Waals surface area contributed by atoms with Gasteiger partial charge in [-0.3, -0.25) is 9.59 Å². The summed E-state index contributed by atoms with van der Waals surface area (Å²) in [7, 11) is 0. The molecule has 5 heteroatoms. The fourth-order valence-corrected chi connectivity index (χ4v) is 10.9. The van der Waals surface area contributed by atoms with E-state index < -0.39 is 0 Å². The lowest BCUT2D eigenvalue weighted by Gasteiger charge is -2.61. The van der Waals surface area contributed by atoms with Gasteiger partial charge in [0.1, 0.15) is 0 Å². The molecule has 0 aromatic heterocycles. The highest BCUT2D eigenvalue weighted by molar-refractivity contribution is 9.11. The third kappa shape index (κ3) is 2.58. The Bertz CT molecular complexity index is 701. The minimum absolute atomic E-state index is 0.0129. The Morgan fingerprint density at radius 1 is 1.08 bits per heavy atom. The van der Waals surface area contributed by atoms with Crippen molar-refractivity contribution in [2.24, 2.45) is 34.5 Å². The van der Waals surface area contributed by atoms with Gasteiger partial charge in [-0.1, -0.05) is 61.6 Å². The number of alkyl halides is 2. The Kier molecular flexibility index (Phi) is 4.97. The molecule has 8 atom stereocenters. The lowest BCUT2D eigenvalue weighted by atomic mass is 9.44. The molecule has 0 amide bonds. The second-order valence-electron chi connectivity index (χ2n) is 9.54. The molecule has 0 spiro atoms. The van der Waals surface area contributed by atoms with Crippen molar-refractivity contribution in [3.05, 3.63) is 10.1 Å². The van der Waals surface area contributed by atoms with Gasteiger partial charge in [0.2, 0.25) is 0 Å². The summed E-state index contributed by atoms with van der Waals surface area (Å²) in [5, 5.41) is 0. The van der Waals surface area contributed by atoms with Crippen LogP contribution in [0.25, 0.3) is 0 Å². The normalized spacial score (nSPS) is 50.9. The summed E-state index contributed by atoms with van der Waals surface area (Å²) in [6, 6.07) is 0. The number of Topliss-reactive ketones (excluding diaryl/α,β-unsaturated/α-hetero) is 2. The van der Waals surface area contributed by atoms with Crippen molar-refractivity contribution in [2.75, 3.05) is 0 Å². The fourth-order valence-electron chi connectivity index (χ4n) is 7.33. The molecule has 2 nitrogen and oxygen atoms in total. The minimum Gasteiger partial charge on any atom is -0.297 e. The number of halogens is 3. The molecule has 0 heterocycles. The zero-order valence-electron chi connectivity index (χ0n) is 15.7. The Labute approximate surface area is 181 Å². The largest absolute Gasteiger partial charge is 0.297 e. The number of ketones is 2. The van der Waals surface area contributed by atoms with Gasteiger partial charge in [-0.25, -0.2) is 0 Å². The van der Waals surface area contributed by atoms with Gasteiger partial charge in [-0.2, -0.15) is 0 Å². The van der Waals surface area contributed by atoms with Gasteiger partial charge in [0.05, 0.1) is 9.65 Å². The Balaban J connectivity index is 1.68. The third-order valence-corrected chi connectivity index (χ3v) is 11.1. The van der Waals surface area contributed by atoms with Gasteiger partial charge >= 0.3 is 0 Å². The lowest BCUT2D eigenvalue weighted by Crippen LogP contribution is -2.58. The van der Waals surface area contributed by atoms with Gasteiger partial charge in [-0.05, 0) is 74.5 Å². The van der Waals surface area contributed by atoms with Crippen LogP contribution in [0.4, 0.5) is 0 Å². The molecule has 0 aromatic rings. The summed E-state index contributed by atoms with van der Waals surface area (Å²) in [5.74, 6) is 2.89. The molecule has 3 fully saturated rings. The number of hydrogen-bond acceptors (Lipinski definition) is 2. The maximum absolute atomic E-state index is 12.5. The molecule has 4 rings (SSSR count). The van der Waals surface area contributed by atoms with Crippen LogP contribution in [0.15, 0.2) is 10.1 Å². The first-order valence-electron chi connectivity index (χ1n) is 9.83. The molecule has 144 valence electrons. The standard InChI is InChI=1S/C21H27Br3O2/c1-10(25)17-15(22)8-14-11-4-5-13-18(24)19(26)16(23)9-21(13,3)12(11)6-7-20(14,17)2/h11-14,16,18H,4-9H2,1-3H3. The van der Waals surface area contributed by atoms with Crippen molar-refractivity contribution in [2.45, 2.75) is 69.0 Å². The molecule has 3 saturated carbocycles. The fraction of sp³-hybridized carbons (Fsp3) is 0.810. The van der Waals surface area contributed by atoms with Crippen LogP contribution in [0.3, 0.4) is 0 Å². The van der Waals surface area contributed by atoms with E-state index in [9.17, 15) is 9.59 Å². The number of carbonyl (C=O) groups excluding carboxylic acids is 2. The molecule has 8 unspecified atom stereocenters. The minimum atomic E-state index is -0.0265. The van der Waals surface area contributed by atoms with E-state index in [0.29, 0.717) is 29.5 Å². The summed E-state index contributed by atoms with van der Waals surface area (Å²) in [4.78, 5) is 24.8. The quantitative estimate of drug-likeness (QED) is 0.365. The van der Waals surface area contributed by atoms with E-state index >= 15 is 0 Å². The first kappa shape index (κ1) is 19.8. The molecule has 4 aliphatic carbocycles.